The number of benzene rings is 4. The van der Waals surface area contributed by atoms with Crippen LogP contribution in [-0.2, 0) is 0 Å². The molecule has 5 aromatic rings. The summed E-state index contributed by atoms with van der Waals surface area (Å²) in [4.78, 5) is 3.62. The van der Waals surface area contributed by atoms with E-state index in [1.54, 1.807) is 10.4 Å². The van der Waals surface area contributed by atoms with E-state index in [4.69, 9.17) is 0 Å². The van der Waals surface area contributed by atoms with Crippen LogP contribution in [0, 0.1) is 0 Å². The molecule has 1 aliphatic rings. The van der Waals surface area contributed by atoms with Crippen LogP contribution in [0.3, 0.4) is 0 Å². The van der Waals surface area contributed by atoms with Crippen LogP contribution in [-0.4, -0.2) is 13.1 Å². The molecule has 0 saturated heterocycles. The van der Waals surface area contributed by atoms with E-state index in [9.17, 15) is 0 Å². The van der Waals surface area contributed by atoms with Gasteiger partial charge < -0.3 is 4.98 Å². The molecule has 0 unspecified atom stereocenters. The number of rotatable bonds is 0. The minimum absolute atomic E-state index is 1.23. The lowest BCUT2D eigenvalue weighted by Gasteiger charge is -2.20. The van der Waals surface area contributed by atoms with Crippen LogP contribution in [0.15, 0.2) is 72.8 Å². The highest BCUT2D eigenvalue weighted by molar-refractivity contribution is 7.05. The first kappa shape index (κ1) is 14.3. The summed E-state index contributed by atoms with van der Waals surface area (Å²) in [7, 11) is -1.74. The summed E-state index contributed by atoms with van der Waals surface area (Å²) in [6.45, 7) is 5.01. The van der Waals surface area contributed by atoms with Crippen molar-refractivity contribution in [1.82, 2.24) is 4.98 Å². The number of aromatic amines is 1. The van der Waals surface area contributed by atoms with Gasteiger partial charge in [-0.2, -0.15) is 0 Å². The number of aromatic nitrogens is 1. The molecule has 0 radical (unpaired) electrons. The molecule has 1 nitrogen and oxygen atoms in total. The van der Waals surface area contributed by atoms with Gasteiger partial charge in [-0.05, 0) is 44.4 Å². The maximum atomic E-state index is 3.62. The van der Waals surface area contributed by atoms with Gasteiger partial charge in [0.2, 0.25) is 0 Å². The van der Waals surface area contributed by atoms with Crippen LogP contribution in [0.25, 0.3) is 43.7 Å². The van der Waals surface area contributed by atoms with Crippen molar-refractivity contribution in [1.29, 1.82) is 0 Å². The molecule has 0 bridgehead atoms. The third-order valence-corrected chi connectivity index (χ3v) is 9.72. The highest BCUT2D eigenvalue weighted by Gasteiger charge is 2.40. The van der Waals surface area contributed by atoms with Gasteiger partial charge in [0.15, 0.2) is 0 Å². The number of hydrogen-bond acceptors (Lipinski definition) is 0. The van der Waals surface area contributed by atoms with Crippen LogP contribution >= 0.6 is 0 Å². The van der Waals surface area contributed by atoms with Gasteiger partial charge in [-0.3, -0.25) is 0 Å². The van der Waals surface area contributed by atoms with Crippen molar-refractivity contribution in [3.63, 3.8) is 0 Å². The number of H-pyrrole nitrogens is 1. The molecule has 124 valence electrons. The Bertz CT molecular complexity index is 1360. The third-order valence-electron chi connectivity index (χ3n) is 6.17. The zero-order valence-electron chi connectivity index (χ0n) is 14.9. The molecule has 4 aromatic carbocycles. The molecule has 0 saturated carbocycles. The van der Waals surface area contributed by atoms with Gasteiger partial charge >= 0.3 is 0 Å². The lowest BCUT2D eigenvalue weighted by Crippen LogP contribution is -2.49. The Morgan fingerprint density at radius 3 is 2.35 bits per heavy atom. The van der Waals surface area contributed by atoms with E-state index in [0.717, 1.165) is 0 Å². The van der Waals surface area contributed by atoms with Crippen LogP contribution in [0.2, 0.25) is 13.1 Å². The quantitative estimate of drug-likeness (QED) is 0.366. The van der Waals surface area contributed by atoms with Crippen molar-refractivity contribution in [3.05, 3.63) is 72.8 Å². The summed E-state index contributed by atoms with van der Waals surface area (Å²) in [6.07, 6.45) is 0. The van der Waals surface area contributed by atoms with E-state index in [0.29, 0.717) is 0 Å². The Labute approximate surface area is 153 Å². The second-order valence-corrected chi connectivity index (χ2v) is 12.2. The minimum Gasteiger partial charge on any atom is -0.354 e. The van der Waals surface area contributed by atoms with Gasteiger partial charge in [0, 0.05) is 21.8 Å². The van der Waals surface area contributed by atoms with Crippen molar-refractivity contribution in [2.75, 3.05) is 0 Å². The summed E-state index contributed by atoms with van der Waals surface area (Å²) in [5, 5.41) is 8.70. The molecule has 0 fully saturated rings. The molecule has 26 heavy (non-hydrogen) atoms. The van der Waals surface area contributed by atoms with Crippen molar-refractivity contribution < 1.29 is 0 Å². The molecule has 1 aliphatic heterocycles. The normalized spacial score (nSPS) is 14.8. The summed E-state index contributed by atoms with van der Waals surface area (Å²) in [5.41, 5.74) is 5.39. The minimum atomic E-state index is -1.74. The van der Waals surface area contributed by atoms with Crippen LogP contribution < -0.4 is 10.4 Å². The molecule has 0 spiro atoms. The highest BCUT2D eigenvalue weighted by atomic mass is 28.3. The first-order valence-corrected chi connectivity index (χ1v) is 12.2. The fourth-order valence-corrected chi connectivity index (χ4v) is 8.47. The van der Waals surface area contributed by atoms with E-state index < -0.39 is 8.07 Å². The average molecular weight is 350 g/mol. The molecule has 0 atom stereocenters. The Morgan fingerprint density at radius 2 is 1.46 bits per heavy atom. The number of fused-ring (bicyclic) bond motifs is 9. The molecule has 2 heteroatoms. The van der Waals surface area contributed by atoms with Crippen LogP contribution in [0.5, 0.6) is 0 Å². The number of para-hydroxylation sites is 1. The smallest absolute Gasteiger partial charge is 0.114 e. The van der Waals surface area contributed by atoms with Crippen LogP contribution in [0.1, 0.15) is 0 Å². The Balaban J connectivity index is 1.87. The monoisotopic (exact) mass is 349 g/mol. The van der Waals surface area contributed by atoms with Gasteiger partial charge in [0.1, 0.15) is 8.07 Å². The largest absolute Gasteiger partial charge is 0.354 e. The Morgan fingerprint density at radius 1 is 0.692 bits per heavy atom. The lowest BCUT2D eigenvalue weighted by molar-refractivity contribution is 1.55. The van der Waals surface area contributed by atoms with Crippen molar-refractivity contribution in [2.45, 2.75) is 13.1 Å². The molecule has 0 amide bonds. The maximum Gasteiger partial charge on any atom is 0.114 e. The molecule has 1 N–H and O–H groups in total. The highest BCUT2D eigenvalue weighted by Crippen LogP contribution is 2.39. The second-order valence-electron chi connectivity index (χ2n) is 7.92. The summed E-state index contributed by atoms with van der Waals surface area (Å²) < 4.78 is 0. The molecule has 6 rings (SSSR count). The molecule has 1 aromatic heterocycles. The fourth-order valence-electron chi connectivity index (χ4n) is 5.03. The second kappa shape index (κ2) is 4.66. The van der Waals surface area contributed by atoms with Gasteiger partial charge in [-0.25, -0.2) is 0 Å². The van der Waals surface area contributed by atoms with Gasteiger partial charge in [0.25, 0.3) is 0 Å². The van der Waals surface area contributed by atoms with Gasteiger partial charge in [0.05, 0.1) is 0 Å². The van der Waals surface area contributed by atoms with Gasteiger partial charge in [-0.1, -0.05) is 73.8 Å². The lowest BCUT2D eigenvalue weighted by atomic mass is 9.97. The first-order valence-electron chi connectivity index (χ1n) is 9.23. The predicted molar refractivity (Wildman–Crippen MR) is 115 cm³/mol. The zero-order chi connectivity index (χ0) is 17.5. The van der Waals surface area contributed by atoms with E-state index in [-0.39, 0.29) is 0 Å². The Kier molecular flexibility index (Phi) is 2.57. The van der Waals surface area contributed by atoms with E-state index in [2.05, 4.69) is 90.9 Å². The molecule has 2 heterocycles. The van der Waals surface area contributed by atoms with Gasteiger partial charge in [-0.15, -0.1) is 0 Å². The fraction of sp³-hybridized carbons (Fsp3) is 0.0833. The first-order chi connectivity index (χ1) is 12.7. The predicted octanol–water partition coefficient (Wildman–Crippen LogP) is 5.28. The molecule has 0 aliphatic carbocycles. The van der Waals surface area contributed by atoms with Crippen molar-refractivity contribution in [3.8, 4) is 11.1 Å². The zero-order valence-corrected chi connectivity index (χ0v) is 15.9. The van der Waals surface area contributed by atoms with Crippen molar-refractivity contribution in [2.24, 2.45) is 0 Å². The standard InChI is InChI=1S/C24H19NSi/c1-26(2)21-14-13-20-22(17-9-5-6-10-19(17)25-20)23(21)18-12-11-15-7-3-4-8-16(15)24(18)26/h3-14,25H,1-2H3. The number of hydrogen-bond donors (Lipinski definition) is 1. The van der Waals surface area contributed by atoms with E-state index in [1.807, 2.05) is 0 Å². The summed E-state index contributed by atoms with van der Waals surface area (Å²) >= 11 is 0. The SMILES string of the molecule is C[Si]1(C)c2ccc3[nH]c4ccccc4c3c2-c2ccc3ccccc3c21. The number of nitrogens with one attached hydrogen (secondary N) is 1. The molecular weight excluding hydrogens is 330 g/mol. The van der Waals surface area contributed by atoms with E-state index in [1.165, 1.54) is 43.7 Å². The average Bonchev–Trinajstić information content (AvgIpc) is 3.15. The van der Waals surface area contributed by atoms with Crippen molar-refractivity contribution >= 4 is 51.0 Å². The third kappa shape index (κ3) is 1.61. The summed E-state index contributed by atoms with van der Waals surface area (Å²) in [5.74, 6) is 0. The maximum absolute atomic E-state index is 3.62. The van der Waals surface area contributed by atoms with E-state index >= 15 is 0 Å². The summed E-state index contributed by atoms with van der Waals surface area (Å²) in [6, 6.07) is 26.9. The molecular formula is C24H19NSi. The van der Waals surface area contributed by atoms with Crippen LogP contribution in [0.4, 0.5) is 0 Å². The topological polar surface area (TPSA) is 15.8 Å². The Hall–Kier alpha value is -2.84.